The number of rotatable bonds is 2. The van der Waals surface area contributed by atoms with E-state index in [1.807, 2.05) is 26.2 Å². The van der Waals surface area contributed by atoms with E-state index in [1.165, 1.54) is 23.3 Å². The second-order valence-electron chi connectivity index (χ2n) is 4.80. The van der Waals surface area contributed by atoms with Crippen LogP contribution in [-0.4, -0.2) is 33.5 Å². The molecule has 0 unspecified atom stereocenters. The van der Waals surface area contributed by atoms with E-state index in [0.29, 0.717) is 11.6 Å². The van der Waals surface area contributed by atoms with Crippen LogP contribution < -0.4 is 9.64 Å². The number of thiazole rings is 1. The number of amides is 1. The highest BCUT2D eigenvalue weighted by Crippen LogP contribution is 2.38. The molecule has 2 heterocycles. The van der Waals surface area contributed by atoms with E-state index >= 15 is 0 Å². The summed E-state index contributed by atoms with van der Waals surface area (Å²) in [4.78, 5) is 13.6. The first-order valence-electron chi connectivity index (χ1n) is 5.39. The highest BCUT2D eigenvalue weighted by molar-refractivity contribution is 7.16. The lowest BCUT2D eigenvalue weighted by Crippen LogP contribution is -2.45. The predicted molar refractivity (Wildman–Crippen MR) is 69.9 cm³/mol. The molecule has 0 aliphatic carbocycles. The normalized spacial score (nSPS) is 11.8. The Balaban J connectivity index is 2.69. The van der Waals surface area contributed by atoms with E-state index in [1.54, 1.807) is 10.7 Å². The van der Waals surface area contributed by atoms with Gasteiger partial charge in [0.15, 0.2) is 0 Å². The standard InChI is InChI=1S/C11H15N3O3S/c1-11(2,3)14(10(15)16)7-8(17-4)12-13-5-6-18-9(7)13/h5-6H,1-4H3,(H,15,16). The van der Waals surface area contributed by atoms with Crippen LogP contribution in [0.3, 0.4) is 0 Å². The lowest BCUT2D eigenvalue weighted by molar-refractivity contribution is 0.195. The second-order valence-corrected chi connectivity index (χ2v) is 5.69. The molecule has 0 saturated heterocycles. The van der Waals surface area contributed by atoms with E-state index in [2.05, 4.69) is 5.10 Å². The van der Waals surface area contributed by atoms with Gasteiger partial charge in [-0.2, -0.15) is 0 Å². The molecule has 0 aliphatic rings. The number of hydrogen-bond donors (Lipinski definition) is 1. The molecule has 0 aromatic carbocycles. The van der Waals surface area contributed by atoms with Crippen LogP contribution in [0.25, 0.3) is 4.83 Å². The van der Waals surface area contributed by atoms with Crippen LogP contribution in [0.15, 0.2) is 11.6 Å². The van der Waals surface area contributed by atoms with Crippen molar-refractivity contribution in [2.24, 2.45) is 0 Å². The third-order valence-corrected chi connectivity index (χ3v) is 3.33. The second kappa shape index (κ2) is 4.16. The van der Waals surface area contributed by atoms with Gasteiger partial charge in [0.05, 0.1) is 7.11 Å². The number of fused-ring (bicyclic) bond motifs is 1. The van der Waals surface area contributed by atoms with E-state index in [-0.39, 0.29) is 0 Å². The van der Waals surface area contributed by atoms with Gasteiger partial charge in [-0.3, -0.25) is 4.90 Å². The van der Waals surface area contributed by atoms with Gasteiger partial charge in [0.25, 0.3) is 5.88 Å². The molecule has 0 fully saturated rings. The molecular formula is C11H15N3O3S. The van der Waals surface area contributed by atoms with Gasteiger partial charge in [-0.15, -0.1) is 16.4 Å². The molecule has 0 spiro atoms. The zero-order chi connectivity index (χ0) is 13.5. The van der Waals surface area contributed by atoms with Crippen LogP contribution in [0.5, 0.6) is 5.88 Å². The molecule has 2 aromatic rings. The third kappa shape index (κ3) is 1.90. The molecular weight excluding hydrogens is 254 g/mol. The van der Waals surface area contributed by atoms with Crippen LogP contribution in [-0.2, 0) is 0 Å². The molecule has 6 nitrogen and oxygen atoms in total. The van der Waals surface area contributed by atoms with Crippen LogP contribution >= 0.6 is 11.3 Å². The zero-order valence-corrected chi connectivity index (χ0v) is 11.5. The molecule has 7 heteroatoms. The molecule has 1 amide bonds. The Kier molecular flexibility index (Phi) is 2.94. The maximum absolute atomic E-state index is 11.5. The minimum Gasteiger partial charge on any atom is -0.478 e. The first kappa shape index (κ1) is 12.7. The largest absolute Gasteiger partial charge is 0.478 e. The van der Waals surface area contributed by atoms with Crippen molar-refractivity contribution in [1.29, 1.82) is 0 Å². The SMILES string of the molecule is COc1nn2ccsc2c1N(C(=O)O)C(C)(C)C. The zero-order valence-electron chi connectivity index (χ0n) is 10.7. The predicted octanol–water partition coefficient (Wildman–Crippen LogP) is 2.69. The third-order valence-electron chi connectivity index (χ3n) is 2.47. The Labute approximate surface area is 108 Å². The molecule has 0 atom stereocenters. The number of ether oxygens (including phenoxy) is 1. The lowest BCUT2D eigenvalue weighted by atomic mass is 10.1. The van der Waals surface area contributed by atoms with Gasteiger partial charge < -0.3 is 9.84 Å². The molecule has 0 radical (unpaired) electrons. The minimum atomic E-state index is -1.02. The van der Waals surface area contributed by atoms with Crippen molar-refractivity contribution in [1.82, 2.24) is 9.61 Å². The molecule has 0 aliphatic heterocycles. The van der Waals surface area contributed by atoms with Gasteiger partial charge in [-0.1, -0.05) is 0 Å². The molecule has 0 bridgehead atoms. The molecule has 0 saturated carbocycles. The Morgan fingerprint density at radius 3 is 2.72 bits per heavy atom. The minimum absolute atomic E-state index is 0.319. The maximum atomic E-state index is 11.5. The molecule has 98 valence electrons. The number of hydrogen-bond acceptors (Lipinski definition) is 4. The van der Waals surface area contributed by atoms with Gasteiger partial charge in [-0.25, -0.2) is 9.31 Å². The van der Waals surface area contributed by atoms with Crippen molar-refractivity contribution in [2.75, 3.05) is 12.0 Å². The Morgan fingerprint density at radius 2 is 2.22 bits per heavy atom. The van der Waals surface area contributed by atoms with Gasteiger partial charge >= 0.3 is 6.09 Å². The van der Waals surface area contributed by atoms with Crippen molar-refractivity contribution in [3.63, 3.8) is 0 Å². The maximum Gasteiger partial charge on any atom is 0.412 e. The first-order chi connectivity index (χ1) is 8.36. The summed E-state index contributed by atoms with van der Waals surface area (Å²) in [5, 5.41) is 15.5. The molecule has 2 aromatic heterocycles. The van der Waals surface area contributed by atoms with E-state index in [4.69, 9.17) is 4.74 Å². The summed E-state index contributed by atoms with van der Waals surface area (Å²) in [7, 11) is 1.48. The number of carboxylic acid groups (broad SMARTS) is 1. The fourth-order valence-corrected chi connectivity index (χ4v) is 2.61. The fraction of sp³-hybridized carbons (Fsp3) is 0.455. The summed E-state index contributed by atoms with van der Waals surface area (Å²) in [6.07, 6.45) is 0.749. The van der Waals surface area contributed by atoms with Crippen LogP contribution in [0.4, 0.5) is 10.5 Å². The van der Waals surface area contributed by atoms with Gasteiger partial charge in [0.2, 0.25) is 0 Å². The molecule has 18 heavy (non-hydrogen) atoms. The summed E-state index contributed by atoms with van der Waals surface area (Å²) < 4.78 is 6.81. The van der Waals surface area contributed by atoms with E-state index in [0.717, 1.165) is 4.83 Å². The quantitative estimate of drug-likeness (QED) is 0.910. The number of aromatic nitrogens is 2. The van der Waals surface area contributed by atoms with Crippen molar-refractivity contribution >= 4 is 27.9 Å². The van der Waals surface area contributed by atoms with Crippen LogP contribution in [0.1, 0.15) is 20.8 Å². The number of anilines is 1. The highest BCUT2D eigenvalue weighted by Gasteiger charge is 2.34. The Bertz CT molecular complexity index is 582. The summed E-state index contributed by atoms with van der Waals surface area (Å²) in [6.45, 7) is 5.49. The summed E-state index contributed by atoms with van der Waals surface area (Å²) in [6, 6.07) is 0. The van der Waals surface area contributed by atoms with E-state index in [9.17, 15) is 9.90 Å². The number of carbonyl (C=O) groups is 1. The van der Waals surface area contributed by atoms with E-state index < -0.39 is 11.6 Å². The molecule has 1 N–H and O–H groups in total. The van der Waals surface area contributed by atoms with Gasteiger partial charge in [0.1, 0.15) is 10.5 Å². The Hall–Kier alpha value is -1.76. The highest BCUT2D eigenvalue weighted by atomic mass is 32.1. The Morgan fingerprint density at radius 1 is 1.56 bits per heavy atom. The first-order valence-corrected chi connectivity index (χ1v) is 6.27. The average molecular weight is 269 g/mol. The topological polar surface area (TPSA) is 67.1 Å². The van der Waals surface area contributed by atoms with Crippen molar-refractivity contribution in [3.05, 3.63) is 11.6 Å². The summed E-state index contributed by atoms with van der Waals surface area (Å²) in [5.41, 5.74) is -0.0837. The number of nitrogens with zero attached hydrogens (tertiary/aromatic N) is 3. The van der Waals surface area contributed by atoms with Crippen LogP contribution in [0, 0.1) is 0 Å². The van der Waals surface area contributed by atoms with Crippen LogP contribution in [0.2, 0.25) is 0 Å². The van der Waals surface area contributed by atoms with Crippen molar-refractivity contribution < 1.29 is 14.6 Å². The fourth-order valence-electron chi connectivity index (χ4n) is 1.80. The monoisotopic (exact) mass is 269 g/mol. The smallest absolute Gasteiger partial charge is 0.412 e. The van der Waals surface area contributed by atoms with Crippen molar-refractivity contribution in [3.8, 4) is 5.88 Å². The summed E-state index contributed by atoms with van der Waals surface area (Å²) >= 11 is 1.43. The van der Waals surface area contributed by atoms with Gasteiger partial charge in [0, 0.05) is 17.1 Å². The number of methoxy groups -OCH3 is 1. The van der Waals surface area contributed by atoms with Crippen molar-refractivity contribution in [2.45, 2.75) is 26.3 Å². The average Bonchev–Trinajstić information content (AvgIpc) is 2.77. The van der Waals surface area contributed by atoms with Gasteiger partial charge in [-0.05, 0) is 20.8 Å². The summed E-state index contributed by atoms with van der Waals surface area (Å²) in [5.74, 6) is 0.319. The molecule has 2 rings (SSSR count). The lowest BCUT2D eigenvalue weighted by Gasteiger charge is -2.32.